The van der Waals surface area contributed by atoms with Gasteiger partial charge >= 0.3 is 0 Å². The second kappa shape index (κ2) is 8.11. The number of hydrogen-bond donors (Lipinski definition) is 4. The zero-order valence-corrected chi connectivity index (χ0v) is 14.9. The summed E-state index contributed by atoms with van der Waals surface area (Å²) in [4.78, 5) is 30.1. The molecule has 4 aromatic rings. The molecule has 9 heteroatoms. The summed E-state index contributed by atoms with van der Waals surface area (Å²) in [5.74, 6) is 0.0401. The highest BCUT2D eigenvalue weighted by Crippen LogP contribution is 2.18. The van der Waals surface area contributed by atoms with E-state index in [9.17, 15) is 9.59 Å². The molecule has 0 fully saturated rings. The third-order valence-corrected chi connectivity index (χ3v) is 3.57. The standard InChI is InChI=1S/C16H12N6O2.C2H7N/c23-9-18-14-8-22-15(20-14)4-3-13(21-22)16(24)19-11-1-2-12-10(7-11)5-6-17-12;1-3-2/h1-9,17H,(H,18,23)(H,19,24);3H,1-2H3. The Morgan fingerprint density at radius 1 is 1.19 bits per heavy atom. The van der Waals surface area contributed by atoms with Crippen LogP contribution in [0.1, 0.15) is 10.5 Å². The average molecular weight is 365 g/mol. The van der Waals surface area contributed by atoms with Gasteiger partial charge < -0.3 is 20.9 Å². The molecular formula is C18H19N7O2. The Hall–Kier alpha value is -3.72. The normalized spacial score (nSPS) is 10.3. The Labute approximate surface area is 154 Å². The van der Waals surface area contributed by atoms with Crippen molar-refractivity contribution < 1.29 is 9.59 Å². The van der Waals surface area contributed by atoms with Crippen molar-refractivity contribution in [2.24, 2.45) is 0 Å². The Morgan fingerprint density at radius 2 is 2.00 bits per heavy atom. The van der Waals surface area contributed by atoms with Crippen LogP contribution in [0.4, 0.5) is 11.5 Å². The van der Waals surface area contributed by atoms with E-state index in [-0.39, 0.29) is 11.6 Å². The van der Waals surface area contributed by atoms with Gasteiger partial charge in [-0.05, 0) is 50.5 Å². The largest absolute Gasteiger partial charge is 0.361 e. The topological polar surface area (TPSA) is 116 Å². The quantitative estimate of drug-likeness (QED) is 0.412. The average Bonchev–Trinajstić information content (AvgIpc) is 3.27. The van der Waals surface area contributed by atoms with Gasteiger partial charge in [-0.3, -0.25) is 9.59 Å². The molecule has 3 aromatic heterocycles. The van der Waals surface area contributed by atoms with Gasteiger partial charge in [0.1, 0.15) is 5.69 Å². The van der Waals surface area contributed by atoms with Crippen molar-refractivity contribution in [1.29, 1.82) is 0 Å². The summed E-state index contributed by atoms with van der Waals surface area (Å²) < 4.78 is 1.44. The minimum absolute atomic E-state index is 0.242. The molecule has 0 saturated heterocycles. The highest BCUT2D eigenvalue weighted by Gasteiger charge is 2.11. The molecule has 0 bridgehead atoms. The fraction of sp³-hybridized carbons (Fsp3) is 0.111. The Balaban J connectivity index is 0.000000659. The Kier molecular flexibility index (Phi) is 5.43. The van der Waals surface area contributed by atoms with Gasteiger partial charge in [-0.15, -0.1) is 0 Å². The second-order valence-corrected chi connectivity index (χ2v) is 5.64. The van der Waals surface area contributed by atoms with Gasteiger partial charge in [0, 0.05) is 22.8 Å². The van der Waals surface area contributed by atoms with Crippen molar-refractivity contribution in [3.8, 4) is 0 Å². The molecule has 138 valence electrons. The molecule has 4 rings (SSSR count). The first-order valence-corrected chi connectivity index (χ1v) is 8.18. The molecule has 0 unspecified atom stereocenters. The van der Waals surface area contributed by atoms with Crippen molar-refractivity contribution in [2.75, 3.05) is 24.7 Å². The van der Waals surface area contributed by atoms with Crippen molar-refractivity contribution in [2.45, 2.75) is 0 Å². The number of rotatable bonds is 4. The maximum atomic E-state index is 12.4. The van der Waals surface area contributed by atoms with Crippen LogP contribution >= 0.6 is 0 Å². The van der Waals surface area contributed by atoms with E-state index in [0.717, 1.165) is 10.9 Å². The van der Waals surface area contributed by atoms with Crippen molar-refractivity contribution >= 4 is 40.4 Å². The molecule has 0 aliphatic carbocycles. The van der Waals surface area contributed by atoms with Crippen LogP contribution in [0, 0.1) is 0 Å². The van der Waals surface area contributed by atoms with Crippen molar-refractivity contribution in [1.82, 2.24) is 24.9 Å². The summed E-state index contributed by atoms with van der Waals surface area (Å²) in [7, 11) is 3.75. The molecule has 4 N–H and O–H groups in total. The molecular weight excluding hydrogens is 346 g/mol. The number of aromatic amines is 1. The number of nitrogens with one attached hydrogen (secondary N) is 4. The fourth-order valence-electron chi connectivity index (χ4n) is 2.46. The van der Waals surface area contributed by atoms with Gasteiger partial charge in [0.05, 0.1) is 6.20 Å². The van der Waals surface area contributed by atoms with Crippen LogP contribution < -0.4 is 16.0 Å². The predicted molar refractivity (Wildman–Crippen MR) is 104 cm³/mol. The molecule has 1 aromatic carbocycles. The third-order valence-electron chi connectivity index (χ3n) is 3.57. The summed E-state index contributed by atoms with van der Waals surface area (Å²) in [5, 5.41) is 13.2. The van der Waals surface area contributed by atoms with E-state index in [4.69, 9.17) is 0 Å². The first-order valence-electron chi connectivity index (χ1n) is 8.18. The van der Waals surface area contributed by atoms with Crippen LogP contribution in [0.25, 0.3) is 16.6 Å². The number of benzene rings is 1. The number of anilines is 2. The van der Waals surface area contributed by atoms with Gasteiger partial charge in [-0.25, -0.2) is 9.50 Å². The number of fused-ring (bicyclic) bond motifs is 2. The zero-order valence-electron chi connectivity index (χ0n) is 14.9. The van der Waals surface area contributed by atoms with Crippen LogP contribution in [0.2, 0.25) is 0 Å². The monoisotopic (exact) mass is 365 g/mol. The molecule has 0 radical (unpaired) electrons. The molecule has 0 spiro atoms. The number of H-pyrrole nitrogens is 1. The van der Waals surface area contributed by atoms with Crippen molar-refractivity contribution in [3.63, 3.8) is 0 Å². The van der Waals surface area contributed by atoms with Crippen LogP contribution in [-0.2, 0) is 4.79 Å². The number of hydrogen-bond acceptors (Lipinski definition) is 5. The van der Waals surface area contributed by atoms with E-state index in [1.54, 1.807) is 12.1 Å². The van der Waals surface area contributed by atoms with Gasteiger partial charge in [0.2, 0.25) is 6.41 Å². The van der Waals surface area contributed by atoms with E-state index in [2.05, 4.69) is 31.0 Å². The van der Waals surface area contributed by atoms with Crippen LogP contribution in [0.15, 0.2) is 48.8 Å². The first-order chi connectivity index (χ1) is 13.1. The Morgan fingerprint density at radius 3 is 2.78 bits per heavy atom. The van der Waals surface area contributed by atoms with Gasteiger partial charge in [-0.1, -0.05) is 0 Å². The lowest BCUT2D eigenvalue weighted by atomic mass is 10.2. The summed E-state index contributed by atoms with van der Waals surface area (Å²) in [6.07, 6.45) is 3.91. The zero-order chi connectivity index (χ0) is 19.2. The molecule has 3 heterocycles. The van der Waals surface area contributed by atoms with E-state index in [1.807, 2.05) is 44.6 Å². The molecule has 27 heavy (non-hydrogen) atoms. The van der Waals surface area contributed by atoms with Gasteiger partial charge in [0.25, 0.3) is 5.91 Å². The van der Waals surface area contributed by atoms with Gasteiger partial charge in [-0.2, -0.15) is 5.10 Å². The number of nitrogens with zero attached hydrogens (tertiary/aromatic N) is 3. The smallest absolute Gasteiger partial charge is 0.276 e. The molecule has 0 atom stereocenters. The molecule has 9 nitrogen and oxygen atoms in total. The third kappa shape index (κ3) is 4.10. The molecule has 2 amide bonds. The van der Waals surface area contributed by atoms with E-state index < -0.39 is 0 Å². The number of amides is 2. The minimum atomic E-state index is -0.328. The van der Waals surface area contributed by atoms with E-state index >= 15 is 0 Å². The maximum Gasteiger partial charge on any atom is 0.276 e. The molecule has 0 aliphatic rings. The number of carbonyl (C=O) groups excluding carboxylic acids is 2. The van der Waals surface area contributed by atoms with E-state index in [1.165, 1.54) is 10.7 Å². The summed E-state index contributed by atoms with van der Waals surface area (Å²) in [6.45, 7) is 0. The van der Waals surface area contributed by atoms with E-state index in [0.29, 0.717) is 23.6 Å². The van der Waals surface area contributed by atoms with Crippen LogP contribution in [0.3, 0.4) is 0 Å². The number of aromatic nitrogens is 4. The van der Waals surface area contributed by atoms with Crippen LogP contribution in [0.5, 0.6) is 0 Å². The molecule has 0 saturated carbocycles. The maximum absolute atomic E-state index is 12.4. The minimum Gasteiger partial charge on any atom is -0.361 e. The summed E-state index contributed by atoms with van der Waals surface area (Å²) in [5.41, 5.74) is 2.46. The Bertz CT molecular complexity index is 1080. The predicted octanol–water partition coefficient (Wildman–Crippen LogP) is 1.87. The highest BCUT2D eigenvalue weighted by molar-refractivity contribution is 6.03. The van der Waals surface area contributed by atoms with Crippen LogP contribution in [-0.4, -0.2) is 46.0 Å². The first kappa shape index (κ1) is 18.1. The lowest BCUT2D eigenvalue weighted by molar-refractivity contribution is -0.105. The van der Waals surface area contributed by atoms with Gasteiger partial charge in [0.15, 0.2) is 11.5 Å². The summed E-state index contributed by atoms with van der Waals surface area (Å²) >= 11 is 0. The van der Waals surface area contributed by atoms with Crippen molar-refractivity contribution in [3.05, 3.63) is 54.5 Å². The summed E-state index contributed by atoms with van der Waals surface area (Å²) in [6, 6.07) is 10.8. The highest BCUT2D eigenvalue weighted by atomic mass is 16.2. The number of carbonyl (C=O) groups is 2. The number of imidazole rings is 1. The fourth-order valence-corrected chi connectivity index (χ4v) is 2.46. The SMILES string of the molecule is CNC.O=CNc1cn2nc(C(=O)Nc3ccc4[nH]ccc4c3)ccc2n1. The lowest BCUT2D eigenvalue weighted by Crippen LogP contribution is -2.15. The lowest BCUT2D eigenvalue weighted by Gasteiger charge is -2.05. The molecule has 0 aliphatic heterocycles. The second-order valence-electron chi connectivity index (χ2n) is 5.64.